The molecule has 0 aliphatic heterocycles. The predicted octanol–water partition coefficient (Wildman–Crippen LogP) is 4.87. The second kappa shape index (κ2) is 9.30. The second-order valence-corrected chi connectivity index (χ2v) is 7.60. The van der Waals surface area contributed by atoms with Crippen LogP contribution in [0.1, 0.15) is 22.4 Å². The monoisotopic (exact) mass is 410 g/mol. The number of hydrogen-bond donors (Lipinski definition) is 2. The van der Waals surface area contributed by atoms with Crippen LogP contribution in [0.2, 0.25) is 0 Å². The Kier molecular flexibility index (Phi) is 6.13. The van der Waals surface area contributed by atoms with Gasteiger partial charge in [0.1, 0.15) is 0 Å². The number of aromatic nitrogens is 1. The van der Waals surface area contributed by atoms with Gasteiger partial charge in [0.15, 0.2) is 0 Å². The number of nitrogens with one attached hydrogen (secondary N) is 2. The molecule has 0 fully saturated rings. The molecule has 4 aromatic rings. The highest BCUT2D eigenvalue weighted by atomic mass is 16.2. The molecule has 0 saturated heterocycles. The number of nitrogens with zero attached hydrogens (tertiary/aromatic N) is 2. The first kappa shape index (κ1) is 20.4. The zero-order chi connectivity index (χ0) is 21.6. The van der Waals surface area contributed by atoms with Crippen molar-refractivity contribution in [2.24, 2.45) is 5.10 Å². The lowest BCUT2D eigenvalue weighted by molar-refractivity contribution is -0.119. The van der Waals surface area contributed by atoms with Gasteiger partial charge >= 0.3 is 0 Å². The fourth-order valence-corrected chi connectivity index (χ4v) is 3.74. The Balaban J connectivity index is 1.48. The lowest BCUT2D eigenvalue weighted by Crippen LogP contribution is -2.25. The first-order chi connectivity index (χ1) is 15.1. The molecule has 1 heterocycles. The molecule has 0 saturated carbocycles. The van der Waals surface area contributed by atoms with E-state index in [1.54, 1.807) is 6.21 Å². The lowest BCUT2D eigenvalue weighted by Gasteiger charge is -2.08. The number of hydrazone groups is 1. The Bertz CT molecular complexity index is 1220. The summed E-state index contributed by atoms with van der Waals surface area (Å²) >= 11 is 0. The van der Waals surface area contributed by atoms with E-state index in [-0.39, 0.29) is 12.5 Å². The number of benzene rings is 3. The third kappa shape index (κ3) is 4.83. The molecule has 0 atom stereocenters. The van der Waals surface area contributed by atoms with Gasteiger partial charge in [0.2, 0.25) is 0 Å². The number of para-hydroxylation sites is 1. The standard InChI is InChI=1S/C26H26N4O/c1-19-9-8-12-22(15-19)27-17-26(31)29-28-16-24-20(2)30(18-21-10-4-3-5-11-21)25-14-7-6-13-23(24)25/h3-16,27H,17-18H2,1-2H3,(H,29,31). The molecule has 0 radical (unpaired) electrons. The second-order valence-electron chi connectivity index (χ2n) is 7.60. The molecule has 5 heteroatoms. The minimum atomic E-state index is -0.191. The molecule has 0 unspecified atom stereocenters. The van der Waals surface area contributed by atoms with Gasteiger partial charge in [-0.1, -0.05) is 60.7 Å². The zero-order valence-corrected chi connectivity index (χ0v) is 17.8. The van der Waals surface area contributed by atoms with E-state index in [1.165, 1.54) is 5.56 Å². The summed E-state index contributed by atoms with van der Waals surface area (Å²) in [5.74, 6) is -0.191. The van der Waals surface area contributed by atoms with E-state index >= 15 is 0 Å². The average molecular weight is 411 g/mol. The first-order valence-corrected chi connectivity index (χ1v) is 10.4. The maximum absolute atomic E-state index is 12.2. The Hall–Kier alpha value is -3.86. The molecular formula is C26H26N4O. The van der Waals surface area contributed by atoms with E-state index in [9.17, 15) is 4.79 Å². The van der Waals surface area contributed by atoms with E-state index in [0.29, 0.717) is 0 Å². The van der Waals surface area contributed by atoms with Crippen molar-refractivity contribution >= 4 is 28.7 Å². The predicted molar refractivity (Wildman–Crippen MR) is 128 cm³/mol. The van der Waals surface area contributed by atoms with Crippen LogP contribution in [0.5, 0.6) is 0 Å². The van der Waals surface area contributed by atoms with Gasteiger partial charge in [0, 0.05) is 34.4 Å². The van der Waals surface area contributed by atoms with Crippen molar-refractivity contribution < 1.29 is 4.79 Å². The molecule has 5 nitrogen and oxygen atoms in total. The average Bonchev–Trinajstić information content (AvgIpc) is 3.04. The van der Waals surface area contributed by atoms with E-state index in [0.717, 1.165) is 40.0 Å². The van der Waals surface area contributed by atoms with Crippen LogP contribution in [0, 0.1) is 13.8 Å². The van der Waals surface area contributed by atoms with Crippen LogP contribution in [0.4, 0.5) is 5.69 Å². The van der Waals surface area contributed by atoms with Crippen molar-refractivity contribution in [2.45, 2.75) is 20.4 Å². The number of amides is 1. The van der Waals surface area contributed by atoms with Gasteiger partial charge in [-0.2, -0.15) is 5.10 Å². The molecule has 31 heavy (non-hydrogen) atoms. The third-order valence-corrected chi connectivity index (χ3v) is 5.32. The smallest absolute Gasteiger partial charge is 0.259 e. The number of carbonyl (C=O) groups excluding carboxylic acids is 1. The molecule has 0 aliphatic rings. The van der Waals surface area contributed by atoms with Crippen molar-refractivity contribution in [3.05, 3.63) is 101 Å². The van der Waals surface area contributed by atoms with Gasteiger partial charge in [0.05, 0.1) is 12.8 Å². The Morgan fingerprint density at radius 3 is 2.55 bits per heavy atom. The number of fused-ring (bicyclic) bond motifs is 1. The fraction of sp³-hybridized carbons (Fsp3) is 0.154. The summed E-state index contributed by atoms with van der Waals surface area (Å²) in [6.07, 6.45) is 1.74. The Labute approximate surface area is 182 Å². The van der Waals surface area contributed by atoms with Crippen molar-refractivity contribution in [3.8, 4) is 0 Å². The van der Waals surface area contributed by atoms with Gasteiger partial charge in [0.25, 0.3) is 5.91 Å². The molecule has 3 aromatic carbocycles. The van der Waals surface area contributed by atoms with Crippen LogP contribution in [0.15, 0.2) is 84.0 Å². The molecule has 0 aliphatic carbocycles. The largest absolute Gasteiger partial charge is 0.376 e. The van der Waals surface area contributed by atoms with Crippen molar-refractivity contribution in [2.75, 3.05) is 11.9 Å². The van der Waals surface area contributed by atoms with Crippen LogP contribution in [-0.2, 0) is 11.3 Å². The van der Waals surface area contributed by atoms with Gasteiger partial charge in [-0.3, -0.25) is 4.79 Å². The zero-order valence-electron chi connectivity index (χ0n) is 17.8. The summed E-state index contributed by atoms with van der Waals surface area (Å²) in [5.41, 5.74) is 9.20. The van der Waals surface area contributed by atoms with Gasteiger partial charge < -0.3 is 9.88 Å². The van der Waals surface area contributed by atoms with Crippen LogP contribution in [-0.4, -0.2) is 23.2 Å². The van der Waals surface area contributed by atoms with E-state index < -0.39 is 0 Å². The highest BCUT2D eigenvalue weighted by molar-refractivity contribution is 6.01. The summed E-state index contributed by atoms with van der Waals surface area (Å²) in [6, 6.07) is 26.6. The van der Waals surface area contributed by atoms with Crippen LogP contribution >= 0.6 is 0 Å². The Morgan fingerprint density at radius 2 is 1.74 bits per heavy atom. The summed E-state index contributed by atoms with van der Waals surface area (Å²) in [7, 11) is 0. The normalized spacial score (nSPS) is 11.2. The molecule has 0 bridgehead atoms. The minimum Gasteiger partial charge on any atom is -0.376 e. The number of hydrogen-bond acceptors (Lipinski definition) is 3. The molecule has 1 aromatic heterocycles. The first-order valence-electron chi connectivity index (χ1n) is 10.4. The molecule has 2 N–H and O–H groups in total. The number of rotatable bonds is 7. The lowest BCUT2D eigenvalue weighted by atomic mass is 10.1. The number of carbonyl (C=O) groups is 1. The maximum Gasteiger partial charge on any atom is 0.259 e. The molecule has 4 rings (SSSR count). The molecular weight excluding hydrogens is 384 g/mol. The quantitative estimate of drug-likeness (QED) is 0.337. The number of aryl methyl sites for hydroxylation is 1. The summed E-state index contributed by atoms with van der Waals surface area (Å²) < 4.78 is 2.28. The maximum atomic E-state index is 12.2. The van der Waals surface area contributed by atoms with E-state index in [1.807, 2.05) is 49.4 Å². The van der Waals surface area contributed by atoms with Crippen LogP contribution < -0.4 is 10.7 Å². The minimum absolute atomic E-state index is 0.162. The molecule has 0 spiro atoms. The summed E-state index contributed by atoms with van der Waals surface area (Å²) in [5, 5.41) is 8.46. The van der Waals surface area contributed by atoms with Gasteiger partial charge in [-0.25, -0.2) is 5.43 Å². The fourth-order valence-electron chi connectivity index (χ4n) is 3.74. The Morgan fingerprint density at radius 1 is 0.968 bits per heavy atom. The highest BCUT2D eigenvalue weighted by Gasteiger charge is 2.12. The van der Waals surface area contributed by atoms with E-state index in [2.05, 4.69) is 63.7 Å². The van der Waals surface area contributed by atoms with Crippen molar-refractivity contribution in [3.63, 3.8) is 0 Å². The van der Waals surface area contributed by atoms with Crippen molar-refractivity contribution in [1.29, 1.82) is 0 Å². The highest BCUT2D eigenvalue weighted by Crippen LogP contribution is 2.25. The molecule has 156 valence electrons. The summed E-state index contributed by atoms with van der Waals surface area (Å²) in [4.78, 5) is 12.2. The van der Waals surface area contributed by atoms with Gasteiger partial charge in [-0.15, -0.1) is 0 Å². The van der Waals surface area contributed by atoms with Crippen molar-refractivity contribution in [1.82, 2.24) is 9.99 Å². The SMILES string of the molecule is Cc1cccc(NCC(=O)NN=Cc2c(C)n(Cc3ccccc3)c3ccccc23)c1. The van der Waals surface area contributed by atoms with Crippen LogP contribution in [0.25, 0.3) is 10.9 Å². The molecule has 1 amide bonds. The topological polar surface area (TPSA) is 58.4 Å². The number of anilines is 1. The summed E-state index contributed by atoms with van der Waals surface area (Å²) in [6.45, 7) is 5.06. The van der Waals surface area contributed by atoms with E-state index in [4.69, 9.17) is 0 Å². The van der Waals surface area contributed by atoms with Gasteiger partial charge in [-0.05, 0) is 43.2 Å². The third-order valence-electron chi connectivity index (χ3n) is 5.32. The van der Waals surface area contributed by atoms with Crippen LogP contribution in [0.3, 0.4) is 0 Å².